The zero-order chi connectivity index (χ0) is 29.7. The van der Waals surface area contributed by atoms with Crippen molar-refractivity contribution in [3.63, 3.8) is 0 Å². The van der Waals surface area contributed by atoms with Gasteiger partial charge < -0.3 is 0 Å². The lowest BCUT2D eigenvalue weighted by Crippen LogP contribution is -2.01. The second-order valence-corrected chi connectivity index (χ2v) is 12.2. The summed E-state index contributed by atoms with van der Waals surface area (Å²) in [7, 11) is 0. The first-order valence-corrected chi connectivity index (χ1v) is 15.9. The fourth-order valence-corrected chi connectivity index (χ4v) is 7.75. The van der Waals surface area contributed by atoms with Gasteiger partial charge in [0.2, 0.25) is 0 Å². The highest BCUT2D eigenvalue weighted by molar-refractivity contribution is 7.27. The van der Waals surface area contributed by atoms with E-state index in [4.69, 9.17) is 15.0 Å². The van der Waals surface area contributed by atoms with Crippen LogP contribution in [0, 0.1) is 0 Å². The molecule has 9 aromatic rings. The van der Waals surface area contributed by atoms with Crippen LogP contribution < -0.4 is 0 Å². The van der Waals surface area contributed by atoms with E-state index in [2.05, 4.69) is 133 Å². The van der Waals surface area contributed by atoms with E-state index in [9.17, 15) is 0 Å². The van der Waals surface area contributed by atoms with Gasteiger partial charge in [0.1, 0.15) is 0 Å². The molecule has 0 N–H and O–H groups in total. The molecule has 0 atom stereocenters. The first kappa shape index (κ1) is 25.8. The molecule has 0 aliphatic heterocycles. The number of benzene rings is 7. The number of aromatic nitrogens is 3. The van der Waals surface area contributed by atoms with Gasteiger partial charge in [-0.1, -0.05) is 140 Å². The molecule has 3 nitrogen and oxygen atoms in total. The minimum absolute atomic E-state index is 0.659. The largest absolute Gasteiger partial charge is 0.208 e. The summed E-state index contributed by atoms with van der Waals surface area (Å²) in [5, 5.41) is 7.35. The summed E-state index contributed by atoms with van der Waals surface area (Å²) in [6.07, 6.45) is 0. The second kappa shape index (κ2) is 10.5. The van der Waals surface area contributed by atoms with E-state index in [1.165, 1.54) is 41.7 Å². The molecular weight excluding hydrogens is 567 g/mol. The molecule has 2 heterocycles. The van der Waals surface area contributed by atoms with E-state index in [-0.39, 0.29) is 0 Å². The first-order chi connectivity index (χ1) is 22.3. The van der Waals surface area contributed by atoms with Crippen LogP contribution in [0.25, 0.3) is 87.0 Å². The van der Waals surface area contributed by atoms with Gasteiger partial charge in [0.25, 0.3) is 0 Å². The number of fused-ring (bicyclic) bond motifs is 6. The molecule has 0 aliphatic rings. The Morgan fingerprint density at radius 1 is 0.333 bits per heavy atom. The highest BCUT2D eigenvalue weighted by Gasteiger charge is 2.20. The van der Waals surface area contributed by atoms with Crippen molar-refractivity contribution in [3.05, 3.63) is 152 Å². The SMILES string of the molecule is c1ccc(-c2nc(-c3ccc4ccccc4c3-c3ccccc3)nc(-c3cccc4c3sc3c5ccccc5ccc43)n2)cc1. The maximum Gasteiger partial charge on any atom is 0.165 e. The van der Waals surface area contributed by atoms with Crippen LogP contribution >= 0.6 is 11.3 Å². The lowest BCUT2D eigenvalue weighted by molar-refractivity contribution is 1.08. The summed E-state index contributed by atoms with van der Waals surface area (Å²) in [5.41, 5.74) is 5.21. The molecule has 0 saturated carbocycles. The Kier molecular flexibility index (Phi) is 6.00. The molecule has 4 heteroatoms. The number of hydrogen-bond donors (Lipinski definition) is 0. The fourth-order valence-electron chi connectivity index (χ4n) is 6.41. The fraction of sp³-hybridized carbons (Fsp3) is 0. The van der Waals surface area contributed by atoms with Gasteiger partial charge in [-0.15, -0.1) is 11.3 Å². The summed E-state index contributed by atoms with van der Waals surface area (Å²) in [6, 6.07) is 53.1. The van der Waals surface area contributed by atoms with Crippen LogP contribution in [0.3, 0.4) is 0 Å². The van der Waals surface area contributed by atoms with Crippen molar-refractivity contribution in [1.82, 2.24) is 15.0 Å². The molecule has 9 rings (SSSR count). The number of hydrogen-bond acceptors (Lipinski definition) is 4. The highest BCUT2D eigenvalue weighted by Crippen LogP contribution is 2.43. The van der Waals surface area contributed by atoms with E-state index in [0.29, 0.717) is 17.5 Å². The summed E-state index contributed by atoms with van der Waals surface area (Å²) in [6.45, 7) is 0. The standard InChI is InChI=1S/C41H25N3S/c1-3-14-28(15-4-1)36-30-18-9-7-12-26(30)23-25-34(36)40-42-39(29-16-5-2-6-17-29)43-41(44-40)35-21-11-20-32-33-24-22-27-13-8-10-19-31(27)37(33)45-38(32)35/h1-25H. The second-order valence-electron chi connectivity index (χ2n) is 11.2. The molecule has 0 spiro atoms. The minimum atomic E-state index is 0.659. The molecule has 0 fully saturated rings. The van der Waals surface area contributed by atoms with E-state index < -0.39 is 0 Å². The van der Waals surface area contributed by atoms with Crippen molar-refractivity contribution in [1.29, 1.82) is 0 Å². The summed E-state index contributed by atoms with van der Waals surface area (Å²) in [4.78, 5) is 15.5. The zero-order valence-electron chi connectivity index (χ0n) is 24.2. The minimum Gasteiger partial charge on any atom is -0.208 e. The van der Waals surface area contributed by atoms with Crippen LogP contribution in [0.15, 0.2) is 152 Å². The molecule has 2 aromatic heterocycles. The molecule has 0 unspecified atom stereocenters. The Morgan fingerprint density at radius 2 is 0.889 bits per heavy atom. The molecule has 210 valence electrons. The number of nitrogens with zero attached hydrogens (tertiary/aromatic N) is 3. The quantitative estimate of drug-likeness (QED) is 0.204. The average molecular weight is 592 g/mol. The van der Waals surface area contributed by atoms with Gasteiger partial charge in [-0.25, -0.2) is 15.0 Å². The van der Waals surface area contributed by atoms with Crippen LogP contribution in [0.5, 0.6) is 0 Å². The van der Waals surface area contributed by atoms with Crippen LogP contribution in [0.1, 0.15) is 0 Å². The van der Waals surface area contributed by atoms with Crippen LogP contribution in [-0.2, 0) is 0 Å². The molecule has 0 amide bonds. The van der Waals surface area contributed by atoms with Gasteiger partial charge >= 0.3 is 0 Å². The van der Waals surface area contributed by atoms with E-state index in [1.54, 1.807) is 0 Å². The number of rotatable bonds is 4. The van der Waals surface area contributed by atoms with Gasteiger partial charge in [0, 0.05) is 42.4 Å². The Balaban J connectivity index is 1.34. The lowest BCUT2D eigenvalue weighted by atomic mass is 9.93. The summed E-state index contributed by atoms with van der Waals surface area (Å²) < 4.78 is 2.47. The van der Waals surface area contributed by atoms with Crippen molar-refractivity contribution in [2.75, 3.05) is 0 Å². The average Bonchev–Trinajstić information content (AvgIpc) is 3.51. The molecular formula is C41H25N3S. The highest BCUT2D eigenvalue weighted by atomic mass is 32.1. The Hall–Kier alpha value is -5.71. The van der Waals surface area contributed by atoms with Crippen molar-refractivity contribution in [3.8, 4) is 45.3 Å². The molecule has 0 bridgehead atoms. The third kappa shape index (κ3) is 4.30. The molecule has 0 saturated heterocycles. The van der Waals surface area contributed by atoms with Gasteiger partial charge in [0.15, 0.2) is 17.5 Å². The van der Waals surface area contributed by atoms with Gasteiger partial charge in [-0.2, -0.15) is 0 Å². The van der Waals surface area contributed by atoms with E-state index in [1.807, 2.05) is 29.5 Å². The predicted octanol–water partition coefficient (Wildman–Crippen LogP) is 11.2. The summed E-state index contributed by atoms with van der Waals surface area (Å²) >= 11 is 1.82. The Morgan fingerprint density at radius 3 is 1.67 bits per heavy atom. The van der Waals surface area contributed by atoms with Crippen LogP contribution in [0.4, 0.5) is 0 Å². The predicted molar refractivity (Wildman–Crippen MR) is 189 cm³/mol. The molecule has 0 radical (unpaired) electrons. The maximum absolute atomic E-state index is 5.26. The summed E-state index contributed by atoms with van der Waals surface area (Å²) in [5.74, 6) is 1.99. The molecule has 0 aliphatic carbocycles. The van der Waals surface area contributed by atoms with Crippen LogP contribution in [-0.4, -0.2) is 15.0 Å². The first-order valence-electron chi connectivity index (χ1n) is 15.0. The van der Waals surface area contributed by atoms with Crippen molar-refractivity contribution in [2.24, 2.45) is 0 Å². The van der Waals surface area contributed by atoms with Crippen molar-refractivity contribution < 1.29 is 0 Å². The van der Waals surface area contributed by atoms with Gasteiger partial charge in [-0.3, -0.25) is 0 Å². The Bertz CT molecular complexity index is 2540. The topological polar surface area (TPSA) is 38.7 Å². The van der Waals surface area contributed by atoms with Gasteiger partial charge in [0.05, 0.1) is 0 Å². The van der Waals surface area contributed by atoms with Gasteiger partial charge in [-0.05, 0) is 39.2 Å². The van der Waals surface area contributed by atoms with Crippen LogP contribution in [0.2, 0.25) is 0 Å². The normalized spacial score (nSPS) is 11.6. The van der Waals surface area contributed by atoms with E-state index in [0.717, 1.165) is 27.8 Å². The third-order valence-corrected chi connectivity index (χ3v) is 9.82. The number of thiophene rings is 1. The molecule has 45 heavy (non-hydrogen) atoms. The smallest absolute Gasteiger partial charge is 0.165 e. The van der Waals surface area contributed by atoms with E-state index >= 15 is 0 Å². The maximum atomic E-state index is 5.26. The Labute approximate surface area is 264 Å². The zero-order valence-corrected chi connectivity index (χ0v) is 25.0. The lowest BCUT2D eigenvalue weighted by Gasteiger charge is -2.15. The monoisotopic (exact) mass is 591 g/mol. The van der Waals surface area contributed by atoms with Crippen molar-refractivity contribution in [2.45, 2.75) is 0 Å². The van der Waals surface area contributed by atoms with Crippen molar-refractivity contribution >= 4 is 53.1 Å². The third-order valence-electron chi connectivity index (χ3n) is 8.53. The molecule has 7 aromatic carbocycles.